The monoisotopic (exact) mass is 288 g/mol. The summed E-state index contributed by atoms with van der Waals surface area (Å²) in [6.45, 7) is 3.90. The molecular formula is C19H16N2O. The van der Waals surface area contributed by atoms with E-state index in [9.17, 15) is 4.79 Å². The van der Waals surface area contributed by atoms with Crippen molar-refractivity contribution in [3.8, 4) is 0 Å². The summed E-state index contributed by atoms with van der Waals surface area (Å²) < 4.78 is 0. The van der Waals surface area contributed by atoms with E-state index in [4.69, 9.17) is 0 Å². The number of para-hydroxylation sites is 1. The Morgan fingerprint density at radius 2 is 1.82 bits per heavy atom. The molecule has 4 rings (SSSR count). The summed E-state index contributed by atoms with van der Waals surface area (Å²) in [6, 6.07) is 15.9. The molecule has 1 amide bonds. The summed E-state index contributed by atoms with van der Waals surface area (Å²) >= 11 is 0. The van der Waals surface area contributed by atoms with E-state index in [1.807, 2.05) is 54.7 Å². The van der Waals surface area contributed by atoms with Crippen molar-refractivity contribution in [3.05, 3.63) is 84.1 Å². The molecular weight excluding hydrogens is 272 g/mol. The molecule has 2 aromatic carbocycles. The van der Waals surface area contributed by atoms with Crippen LogP contribution >= 0.6 is 0 Å². The average Bonchev–Trinajstić information content (AvgIpc) is 3.09. The fourth-order valence-corrected chi connectivity index (χ4v) is 3.51. The number of aromatic amines is 1. The zero-order chi connectivity index (χ0) is 15.2. The van der Waals surface area contributed by atoms with E-state index < -0.39 is 5.54 Å². The lowest BCUT2D eigenvalue weighted by Crippen LogP contribution is -2.39. The normalized spacial score (nSPS) is 19.9. The van der Waals surface area contributed by atoms with Gasteiger partial charge in [0, 0.05) is 28.2 Å². The molecule has 1 aliphatic rings. The smallest absolute Gasteiger partial charge is 0.252 e. The van der Waals surface area contributed by atoms with Gasteiger partial charge in [0.2, 0.25) is 0 Å². The van der Waals surface area contributed by atoms with E-state index in [0.29, 0.717) is 6.42 Å². The Bertz CT molecular complexity index is 893. The molecule has 1 aliphatic heterocycles. The Morgan fingerprint density at radius 1 is 1.05 bits per heavy atom. The molecule has 22 heavy (non-hydrogen) atoms. The Balaban J connectivity index is 2.04. The molecule has 0 spiro atoms. The number of rotatable bonds is 3. The van der Waals surface area contributed by atoms with E-state index in [2.05, 4.69) is 22.9 Å². The van der Waals surface area contributed by atoms with Gasteiger partial charge >= 0.3 is 0 Å². The lowest BCUT2D eigenvalue weighted by molar-refractivity contribution is 0.0941. The summed E-state index contributed by atoms with van der Waals surface area (Å²) in [7, 11) is 0. The average molecular weight is 288 g/mol. The molecule has 1 atom stereocenters. The minimum Gasteiger partial charge on any atom is -0.361 e. The van der Waals surface area contributed by atoms with Gasteiger partial charge in [-0.05, 0) is 24.1 Å². The lowest BCUT2D eigenvalue weighted by Gasteiger charge is -2.29. The number of nitrogens with one attached hydrogen (secondary N) is 2. The van der Waals surface area contributed by atoms with Crippen LogP contribution in [-0.2, 0) is 5.54 Å². The molecule has 0 fully saturated rings. The molecule has 0 radical (unpaired) electrons. The first-order valence-corrected chi connectivity index (χ1v) is 7.36. The highest BCUT2D eigenvalue weighted by molar-refractivity contribution is 6.02. The van der Waals surface area contributed by atoms with Gasteiger partial charge in [0.05, 0.1) is 5.54 Å². The van der Waals surface area contributed by atoms with Gasteiger partial charge in [-0.15, -0.1) is 6.58 Å². The zero-order valence-electron chi connectivity index (χ0n) is 12.1. The van der Waals surface area contributed by atoms with Crippen LogP contribution in [0, 0.1) is 0 Å². The third kappa shape index (κ3) is 1.59. The van der Waals surface area contributed by atoms with Crippen LogP contribution < -0.4 is 5.32 Å². The fraction of sp³-hybridized carbons (Fsp3) is 0.105. The number of hydrogen-bond donors (Lipinski definition) is 2. The van der Waals surface area contributed by atoms with Crippen LogP contribution in [0.25, 0.3) is 10.9 Å². The van der Waals surface area contributed by atoms with Gasteiger partial charge < -0.3 is 10.3 Å². The first kappa shape index (κ1) is 12.9. The van der Waals surface area contributed by atoms with Crippen LogP contribution in [0.15, 0.2) is 67.4 Å². The van der Waals surface area contributed by atoms with E-state index in [-0.39, 0.29) is 5.91 Å². The van der Waals surface area contributed by atoms with Gasteiger partial charge in [0.25, 0.3) is 5.91 Å². The number of hydrogen-bond acceptors (Lipinski definition) is 1. The van der Waals surface area contributed by atoms with Gasteiger partial charge in [-0.2, -0.15) is 0 Å². The number of fused-ring (bicyclic) bond motifs is 2. The molecule has 3 nitrogen and oxygen atoms in total. The van der Waals surface area contributed by atoms with Crippen molar-refractivity contribution in [1.29, 1.82) is 0 Å². The highest BCUT2D eigenvalue weighted by Crippen LogP contribution is 2.42. The van der Waals surface area contributed by atoms with Crippen molar-refractivity contribution in [1.82, 2.24) is 10.3 Å². The van der Waals surface area contributed by atoms with Crippen LogP contribution in [0.2, 0.25) is 0 Å². The highest BCUT2D eigenvalue weighted by Gasteiger charge is 2.44. The summed E-state index contributed by atoms with van der Waals surface area (Å²) in [5.41, 5.74) is 3.37. The SMILES string of the molecule is C=CC[C@@]1(c2c[nH]c3ccccc23)NC(=O)c2ccccc21. The molecule has 0 bridgehead atoms. The number of H-pyrrole nitrogens is 1. The number of benzene rings is 2. The predicted octanol–water partition coefficient (Wildman–Crippen LogP) is 3.73. The summed E-state index contributed by atoms with van der Waals surface area (Å²) in [5, 5.41) is 4.32. The van der Waals surface area contributed by atoms with Gasteiger partial charge in [-0.3, -0.25) is 4.79 Å². The molecule has 1 aromatic heterocycles. The molecule has 108 valence electrons. The molecule has 0 aliphatic carbocycles. The quantitative estimate of drug-likeness (QED) is 0.709. The first-order valence-electron chi connectivity index (χ1n) is 7.36. The largest absolute Gasteiger partial charge is 0.361 e. The standard InChI is InChI=1S/C19H16N2O/c1-2-11-19(15-9-5-3-8-14(15)18(22)21-19)16-12-20-17-10-6-4-7-13(16)17/h2-10,12,20H,1,11H2,(H,21,22)/t19-/m1/s1. The lowest BCUT2D eigenvalue weighted by atomic mass is 9.81. The molecule has 3 heteroatoms. The minimum absolute atomic E-state index is 0.0252. The van der Waals surface area contributed by atoms with Crippen molar-refractivity contribution in [2.75, 3.05) is 0 Å². The van der Waals surface area contributed by atoms with E-state index >= 15 is 0 Å². The van der Waals surface area contributed by atoms with Gasteiger partial charge in [0.1, 0.15) is 0 Å². The topological polar surface area (TPSA) is 44.9 Å². The van der Waals surface area contributed by atoms with Gasteiger partial charge in [0.15, 0.2) is 0 Å². The molecule has 0 unspecified atom stereocenters. The van der Waals surface area contributed by atoms with Crippen molar-refractivity contribution >= 4 is 16.8 Å². The van der Waals surface area contributed by atoms with Crippen LogP contribution in [0.5, 0.6) is 0 Å². The van der Waals surface area contributed by atoms with Crippen LogP contribution in [0.4, 0.5) is 0 Å². The molecule has 0 saturated carbocycles. The Kier molecular flexibility index (Phi) is 2.70. The molecule has 3 aromatic rings. The van der Waals surface area contributed by atoms with Crippen molar-refractivity contribution < 1.29 is 4.79 Å². The second kappa shape index (κ2) is 4.60. The van der Waals surface area contributed by atoms with E-state index in [0.717, 1.165) is 27.6 Å². The van der Waals surface area contributed by atoms with Crippen LogP contribution in [-0.4, -0.2) is 10.9 Å². The van der Waals surface area contributed by atoms with Crippen molar-refractivity contribution in [2.24, 2.45) is 0 Å². The Hall–Kier alpha value is -2.81. The zero-order valence-corrected chi connectivity index (χ0v) is 12.1. The van der Waals surface area contributed by atoms with E-state index in [1.165, 1.54) is 0 Å². The number of aromatic nitrogens is 1. The summed E-state index contributed by atoms with van der Waals surface area (Å²) in [6.07, 6.45) is 4.51. The van der Waals surface area contributed by atoms with Crippen molar-refractivity contribution in [3.63, 3.8) is 0 Å². The van der Waals surface area contributed by atoms with Crippen molar-refractivity contribution in [2.45, 2.75) is 12.0 Å². The third-order valence-corrected chi connectivity index (χ3v) is 4.46. The maximum Gasteiger partial charge on any atom is 0.252 e. The molecule has 2 N–H and O–H groups in total. The second-order valence-electron chi connectivity index (χ2n) is 5.65. The Morgan fingerprint density at radius 3 is 2.68 bits per heavy atom. The van der Waals surface area contributed by atoms with Gasteiger partial charge in [-0.25, -0.2) is 0 Å². The van der Waals surface area contributed by atoms with Crippen LogP contribution in [0.1, 0.15) is 27.9 Å². The Labute approximate surface area is 128 Å². The molecule has 2 heterocycles. The molecule has 0 saturated heterocycles. The summed E-state index contributed by atoms with van der Waals surface area (Å²) in [5.74, 6) is -0.0252. The van der Waals surface area contributed by atoms with E-state index in [1.54, 1.807) is 0 Å². The predicted molar refractivity (Wildman–Crippen MR) is 87.8 cm³/mol. The van der Waals surface area contributed by atoms with Gasteiger partial charge in [-0.1, -0.05) is 42.5 Å². The summed E-state index contributed by atoms with van der Waals surface area (Å²) in [4.78, 5) is 15.7. The number of amides is 1. The number of carbonyl (C=O) groups is 1. The highest BCUT2D eigenvalue weighted by atomic mass is 16.2. The third-order valence-electron chi connectivity index (χ3n) is 4.46. The fourth-order valence-electron chi connectivity index (χ4n) is 3.51. The second-order valence-corrected chi connectivity index (χ2v) is 5.65. The first-order chi connectivity index (χ1) is 10.8. The van der Waals surface area contributed by atoms with Crippen LogP contribution in [0.3, 0.4) is 0 Å². The maximum atomic E-state index is 12.4. The minimum atomic E-state index is -0.547. The number of carbonyl (C=O) groups excluding carboxylic acids is 1. The maximum absolute atomic E-state index is 12.4.